The number of ether oxygens (including phenoxy) is 3. The van der Waals surface area contributed by atoms with E-state index < -0.39 is 35.3 Å². The zero-order valence-electron chi connectivity index (χ0n) is 18.7. The Labute approximate surface area is 182 Å². The first-order valence-electron chi connectivity index (χ1n) is 10.3. The van der Waals surface area contributed by atoms with E-state index in [0.717, 1.165) is 0 Å². The number of hydrogen-bond donors (Lipinski definition) is 1. The van der Waals surface area contributed by atoms with Gasteiger partial charge in [0.1, 0.15) is 23.2 Å². The van der Waals surface area contributed by atoms with E-state index in [1.54, 1.807) is 45.9 Å². The molecule has 2 unspecified atom stereocenters. The lowest BCUT2D eigenvalue weighted by Gasteiger charge is -2.26. The van der Waals surface area contributed by atoms with Crippen LogP contribution in [0.25, 0.3) is 10.9 Å². The third-order valence-electron chi connectivity index (χ3n) is 4.78. The standard InChI is InChI=1S/C23H31FN2O5/c1-6-30-21(27)16(20(25)22(28)31-23(2,3)4)9-7-8-15-17-12-14(29-5)10-11-19(17)26-13-18(15)24/h10-13,16,20H,6-9,25H2,1-5H3. The Morgan fingerprint density at radius 1 is 1.23 bits per heavy atom. The quantitative estimate of drug-likeness (QED) is 0.602. The number of carbonyl (C=O) groups excluding carboxylic acids is 2. The highest BCUT2D eigenvalue weighted by molar-refractivity contribution is 5.85. The predicted octanol–water partition coefficient (Wildman–Crippen LogP) is 3.55. The fourth-order valence-electron chi connectivity index (χ4n) is 3.31. The normalized spacial score (nSPS) is 13.5. The number of aryl methyl sites for hydroxylation is 1. The summed E-state index contributed by atoms with van der Waals surface area (Å²) in [5, 5.41) is 0.642. The van der Waals surface area contributed by atoms with Gasteiger partial charge in [-0.25, -0.2) is 4.39 Å². The Morgan fingerprint density at radius 2 is 1.94 bits per heavy atom. The summed E-state index contributed by atoms with van der Waals surface area (Å²) in [6.07, 6.45) is 2.16. The number of halogens is 1. The zero-order chi connectivity index (χ0) is 23.2. The minimum absolute atomic E-state index is 0.166. The molecule has 1 aromatic heterocycles. The smallest absolute Gasteiger partial charge is 0.324 e. The molecular formula is C23H31FN2O5. The van der Waals surface area contributed by atoms with Crippen LogP contribution in [0.4, 0.5) is 4.39 Å². The molecule has 0 saturated carbocycles. The van der Waals surface area contributed by atoms with Crippen LogP contribution < -0.4 is 10.5 Å². The van der Waals surface area contributed by atoms with Crippen molar-refractivity contribution in [3.63, 3.8) is 0 Å². The molecular weight excluding hydrogens is 403 g/mol. The number of esters is 2. The van der Waals surface area contributed by atoms with Crippen molar-refractivity contribution in [3.05, 3.63) is 35.8 Å². The number of rotatable bonds is 9. The van der Waals surface area contributed by atoms with Crippen molar-refractivity contribution in [2.45, 2.75) is 58.6 Å². The highest BCUT2D eigenvalue weighted by Gasteiger charge is 2.34. The molecule has 7 nitrogen and oxygen atoms in total. The number of methoxy groups -OCH3 is 1. The molecule has 2 rings (SSSR count). The van der Waals surface area contributed by atoms with E-state index in [2.05, 4.69) is 4.98 Å². The fourth-order valence-corrected chi connectivity index (χ4v) is 3.31. The maximum absolute atomic E-state index is 14.5. The lowest BCUT2D eigenvalue weighted by atomic mass is 9.92. The van der Waals surface area contributed by atoms with Crippen molar-refractivity contribution in [2.24, 2.45) is 11.7 Å². The monoisotopic (exact) mass is 434 g/mol. The fraction of sp³-hybridized carbons (Fsp3) is 0.522. The summed E-state index contributed by atoms with van der Waals surface area (Å²) in [5.41, 5.74) is 6.44. The molecule has 8 heteroatoms. The molecule has 0 radical (unpaired) electrons. The highest BCUT2D eigenvalue weighted by Crippen LogP contribution is 2.27. The van der Waals surface area contributed by atoms with Crippen LogP contribution in [0.15, 0.2) is 24.4 Å². The molecule has 0 aliphatic rings. The summed E-state index contributed by atoms with van der Waals surface area (Å²) < 4.78 is 30.2. The second kappa shape index (κ2) is 10.5. The van der Waals surface area contributed by atoms with Gasteiger partial charge in [-0.15, -0.1) is 0 Å². The number of benzene rings is 1. The van der Waals surface area contributed by atoms with Crippen molar-refractivity contribution in [3.8, 4) is 5.75 Å². The van der Waals surface area contributed by atoms with Crippen LogP contribution in [0.5, 0.6) is 5.75 Å². The van der Waals surface area contributed by atoms with Gasteiger partial charge in [0.15, 0.2) is 0 Å². The van der Waals surface area contributed by atoms with Crippen LogP contribution in [0.2, 0.25) is 0 Å². The summed E-state index contributed by atoms with van der Waals surface area (Å²) in [6, 6.07) is 4.08. The summed E-state index contributed by atoms with van der Waals surface area (Å²) >= 11 is 0. The maximum atomic E-state index is 14.5. The molecule has 2 aromatic rings. The van der Waals surface area contributed by atoms with Gasteiger partial charge in [0.2, 0.25) is 0 Å². The summed E-state index contributed by atoms with van der Waals surface area (Å²) in [7, 11) is 1.54. The van der Waals surface area contributed by atoms with Crippen molar-refractivity contribution in [2.75, 3.05) is 13.7 Å². The highest BCUT2D eigenvalue weighted by atomic mass is 19.1. The van der Waals surface area contributed by atoms with E-state index in [9.17, 15) is 14.0 Å². The largest absolute Gasteiger partial charge is 0.497 e. The average molecular weight is 435 g/mol. The number of nitrogens with two attached hydrogens (primary N) is 1. The van der Waals surface area contributed by atoms with Gasteiger partial charge in [0.05, 0.1) is 31.3 Å². The van der Waals surface area contributed by atoms with Crippen LogP contribution in [0, 0.1) is 11.7 Å². The average Bonchev–Trinajstić information content (AvgIpc) is 2.70. The Balaban J connectivity index is 2.19. The first kappa shape index (κ1) is 24.5. The van der Waals surface area contributed by atoms with E-state index in [1.165, 1.54) is 13.3 Å². The number of carbonyl (C=O) groups is 2. The number of hydrogen-bond acceptors (Lipinski definition) is 7. The minimum atomic E-state index is -1.17. The van der Waals surface area contributed by atoms with Crippen LogP contribution in [-0.2, 0) is 25.5 Å². The molecule has 0 bridgehead atoms. The van der Waals surface area contributed by atoms with Gasteiger partial charge in [-0.2, -0.15) is 0 Å². The second-order valence-corrected chi connectivity index (χ2v) is 8.28. The van der Waals surface area contributed by atoms with Gasteiger partial charge in [0, 0.05) is 5.39 Å². The lowest BCUT2D eigenvalue weighted by Crippen LogP contribution is -2.46. The number of fused-ring (bicyclic) bond motifs is 1. The summed E-state index contributed by atoms with van der Waals surface area (Å²) in [5.74, 6) is -1.97. The van der Waals surface area contributed by atoms with Crippen molar-refractivity contribution in [1.29, 1.82) is 0 Å². The Morgan fingerprint density at radius 3 is 2.55 bits per heavy atom. The molecule has 1 aromatic carbocycles. The Hall–Kier alpha value is -2.74. The molecule has 2 N–H and O–H groups in total. The molecule has 1 heterocycles. The van der Waals surface area contributed by atoms with Crippen LogP contribution >= 0.6 is 0 Å². The number of aromatic nitrogens is 1. The first-order chi connectivity index (χ1) is 14.6. The lowest BCUT2D eigenvalue weighted by molar-refractivity contribution is -0.163. The summed E-state index contributed by atoms with van der Waals surface area (Å²) in [4.78, 5) is 29.0. The first-order valence-corrected chi connectivity index (χ1v) is 10.3. The van der Waals surface area contributed by atoms with E-state index in [-0.39, 0.29) is 13.0 Å². The molecule has 0 aliphatic heterocycles. The van der Waals surface area contributed by atoms with Crippen molar-refractivity contribution >= 4 is 22.8 Å². The van der Waals surface area contributed by atoms with Gasteiger partial charge < -0.3 is 19.9 Å². The van der Waals surface area contributed by atoms with Gasteiger partial charge in [-0.05, 0) is 70.7 Å². The van der Waals surface area contributed by atoms with Gasteiger partial charge in [-0.1, -0.05) is 0 Å². The third kappa shape index (κ3) is 6.62. The predicted molar refractivity (Wildman–Crippen MR) is 115 cm³/mol. The SMILES string of the molecule is CCOC(=O)C(CCCc1c(F)cnc2ccc(OC)cc12)C(N)C(=O)OC(C)(C)C. The van der Waals surface area contributed by atoms with E-state index in [4.69, 9.17) is 19.9 Å². The molecule has 31 heavy (non-hydrogen) atoms. The Bertz CT molecular complexity index is 926. The zero-order valence-corrected chi connectivity index (χ0v) is 18.7. The van der Waals surface area contributed by atoms with E-state index >= 15 is 0 Å². The van der Waals surface area contributed by atoms with Crippen molar-refractivity contribution < 1.29 is 28.2 Å². The Kier molecular flexibility index (Phi) is 8.33. The van der Waals surface area contributed by atoms with E-state index in [1.807, 2.05) is 0 Å². The van der Waals surface area contributed by atoms with Crippen LogP contribution in [0.1, 0.15) is 46.1 Å². The van der Waals surface area contributed by atoms with Crippen molar-refractivity contribution in [1.82, 2.24) is 4.98 Å². The second-order valence-electron chi connectivity index (χ2n) is 8.28. The van der Waals surface area contributed by atoms with Gasteiger partial charge >= 0.3 is 11.9 Å². The maximum Gasteiger partial charge on any atom is 0.324 e. The number of pyridine rings is 1. The van der Waals surface area contributed by atoms with Gasteiger partial charge in [0.25, 0.3) is 0 Å². The molecule has 0 saturated heterocycles. The van der Waals surface area contributed by atoms with E-state index in [0.29, 0.717) is 35.1 Å². The summed E-state index contributed by atoms with van der Waals surface area (Å²) in [6.45, 7) is 7.02. The molecule has 2 atom stereocenters. The molecule has 0 spiro atoms. The molecule has 0 aliphatic carbocycles. The topological polar surface area (TPSA) is 101 Å². The molecule has 0 fully saturated rings. The minimum Gasteiger partial charge on any atom is -0.497 e. The number of nitrogens with zero attached hydrogens (tertiary/aromatic N) is 1. The van der Waals surface area contributed by atoms with Gasteiger partial charge in [-0.3, -0.25) is 14.6 Å². The van der Waals surface area contributed by atoms with Crippen LogP contribution in [0.3, 0.4) is 0 Å². The molecule has 0 amide bonds. The molecule has 170 valence electrons. The van der Waals surface area contributed by atoms with Crippen LogP contribution in [-0.4, -0.2) is 42.3 Å². The third-order valence-corrected chi connectivity index (χ3v) is 4.78.